The van der Waals surface area contributed by atoms with Crippen molar-refractivity contribution in [1.82, 2.24) is 5.43 Å². The predicted octanol–water partition coefficient (Wildman–Crippen LogP) is 2.73. The summed E-state index contributed by atoms with van der Waals surface area (Å²) in [5, 5.41) is 0. The van der Waals surface area contributed by atoms with Gasteiger partial charge in [0.2, 0.25) is 0 Å². The molecule has 0 aliphatic rings. The van der Waals surface area contributed by atoms with Crippen molar-refractivity contribution in [1.29, 1.82) is 0 Å². The smallest absolute Gasteiger partial charge is 0.0950 e. The molecule has 1 heterocycles. The fourth-order valence-electron chi connectivity index (χ4n) is 2.00. The minimum Gasteiger partial charge on any atom is -0.472 e. The number of hydrogen-bond donors (Lipinski definition) is 2. The Hall–Kier alpha value is -1.58. The van der Waals surface area contributed by atoms with Crippen LogP contribution in [0, 0.1) is 6.92 Å². The summed E-state index contributed by atoms with van der Waals surface area (Å²) >= 11 is 0. The highest BCUT2D eigenvalue weighted by Gasteiger charge is 2.10. The second-order valence-electron chi connectivity index (χ2n) is 4.30. The van der Waals surface area contributed by atoms with E-state index < -0.39 is 0 Å². The van der Waals surface area contributed by atoms with Crippen molar-refractivity contribution < 1.29 is 4.42 Å². The number of benzene rings is 1. The lowest BCUT2D eigenvalue weighted by Gasteiger charge is -2.13. The van der Waals surface area contributed by atoms with Crippen molar-refractivity contribution >= 4 is 0 Å². The van der Waals surface area contributed by atoms with E-state index in [1.807, 2.05) is 6.07 Å². The van der Waals surface area contributed by atoms with E-state index in [0.29, 0.717) is 0 Å². The minimum absolute atomic E-state index is 0.147. The van der Waals surface area contributed by atoms with Gasteiger partial charge in [-0.1, -0.05) is 29.8 Å². The Kier molecular flexibility index (Phi) is 3.96. The van der Waals surface area contributed by atoms with Gasteiger partial charge in [0, 0.05) is 11.6 Å². The Labute approximate surface area is 102 Å². The van der Waals surface area contributed by atoms with Gasteiger partial charge < -0.3 is 4.42 Å². The molecule has 3 heteroatoms. The maximum absolute atomic E-state index is 5.57. The monoisotopic (exact) mass is 230 g/mol. The van der Waals surface area contributed by atoms with E-state index in [4.69, 9.17) is 10.3 Å². The molecular formula is C14H18N2O. The van der Waals surface area contributed by atoms with Gasteiger partial charge in [0.25, 0.3) is 0 Å². The summed E-state index contributed by atoms with van der Waals surface area (Å²) in [5.41, 5.74) is 6.56. The zero-order valence-corrected chi connectivity index (χ0v) is 10.0. The Morgan fingerprint density at radius 3 is 2.88 bits per heavy atom. The maximum Gasteiger partial charge on any atom is 0.0950 e. The van der Waals surface area contributed by atoms with Gasteiger partial charge in [-0.2, -0.15) is 0 Å². The lowest BCUT2D eigenvalue weighted by atomic mass is 10.0. The molecule has 2 rings (SSSR count). The van der Waals surface area contributed by atoms with Gasteiger partial charge in [0.1, 0.15) is 0 Å². The van der Waals surface area contributed by atoms with Gasteiger partial charge in [-0.15, -0.1) is 0 Å². The summed E-state index contributed by atoms with van der Waals surface area (Å²) in [7, 11) is 0. The average molecular weight is 230 g/mol. The molecule has 90 valence electrons. The van der Waals surface area contributed by atoms with Gasteiger partial charge in [0.05, 0.1) is 12.5 Å². The van der Waals surface area contributed by atoms with E-state index in [1.165, 1.54) is 11.1 Å². The quantitative estimate of drug-likeness (QED) is 0.613. The van der Waals surface area contributed by atoms with Crippen LogP contribution in [-0.2, 0) is 6.42 Å². The van der Waals surface area contributed by atoms with Crippen molar-refractivity contribution in [2.45, 2.75) is 25.8 Å². The number of aryl methyl sites for hydroxylation is 2. The fourth-order valence-corrected chi connectivity index (χ4v) is 2.00. The summed E-state index contributed by atoms with van der Waals surface area (Å²) in [6.07, 6.45) is 5.37. The molecule has 1 unspecified atom stereocenters. The Morgan fingerprint density at radius 1 is 1.35 bits per heavy atom. The molecule has 1 aromatic heterocycles. The molecular weight excluding hydrogens is 212 g/mol. The average Bonchev–Trinajstić information content (AvgIpc) is 2.84. The second-order valence-corrected chi connectivity index (χ2v) is 4.30. The molecule has 2 aromatic rings. The number of hydrazine groups is 1. The van der Waals surface area contributed by atoms with Crippen LogP contribution in [0.1, 0.15) is 29.2 Å². The van der Waals surface area contributed by atoms with Gasteiger partial charge in [-0.05, 0) is 31.4 Å². The topological polar surface area (TPSA) is 51.2 Å². The van der Waals surface area contributed by atoms with Crippen LogP contribution >= 0.6 is 0 Å². The van der Waals surface area contributed by atoms with Crippen LogP contribution in [0.4, 0.5) is 0 Å². The van der Waals surface area contributed by atoms with Crippen LogP contribution in [0.15, 0.2) is 47.3 Å². The molecule has 3 N–H and O–H groups in total. The van der Waals surface area contributed by atoms with Crippen molar-refractivity contribution in [2.24, 2.45) is 5.84 Å². The third kappa shape index (κ3) is 3.19. The molecule has 0 saturated heterocycles. The summed E-state index contributed by atoms with van der Waals surface area (Å²) in [4.78, 5) is 0. The lowest BCUT2D eigenvalue weighted by Crippen LogP contribution is -2.28. The van der Waals surface area contributed by atoms with Gasteiger partial charge in [-0.25, -0.2) is 0 Å². The van der Waals surface area contributed by atoms with Crippen LogP contribution in [0.2, 0.25) is 0 Å². The van der Waals surface area contributed by atoms with Crippen molar-refractivity contribution in [3.63, 3.8) is 0 Å². The zero-order chi connectivity index (χ0) is 12.1. The minimum atomic E-state index is 0.147. The largest absolute Gasteiger partial charge is 0.472 e. The molecule has 0 bridgehead atoms. The van der Waals surface area contributed by atoms with Gasteiger partial charge in [0.15, 0.2) is 0 Å². The van der Waals surface area contributed by atoms with E-state index in [9.17, 15) is 0 Å². The number of furan rings is 1. The van der Waals surface area contributed by atoms with Crippen LogP contribution in [-0.4, -0.2) is 0 Å². The number of rotatable bonds is 5. The highest BCUT2D eigenvalue weighted by atomic mass is 16.3. The summed E-state index contributed by atoms with van der Waals surface area (Å²) in [6.45, 7) is 2.11. The first-order valence-electron chi connectivity index (χ1n) is 5.83. The predicted molar refractivity (Wildman–Crippen MR) is 68.3 cm³/mol. The molecule has 0 fully saturated rings. The first kappa shape index (κ1) is 11.9. The summed E-state index contributed by atoms with van der Waals surface area (Å²) in [5.74, 6) is 5.57. The first-order valence-corrected chi connectivity index (χ1v) is 5.83. The Balaban J connectivity index is 1.97. The Morgan fingerprint density at radius 2 is 2.24 bits per heavy atom. The number of nitrogens with two attached hydrogens (primary N) is 1. The van der Waals surface area contributed by atoms with Crippen LogP contribution in [0.25, 0.3) is 0 Å². The lowest BCUT2D eigenvalue weighted by molar-refractivity contribution is 0.501. The van der Waals surface area contributed by atoms with E-state index in [-0.39, 0.29) is 6.04 Å². The molecule has 0 amide bonds. The fraction of sp³-hybridized carbons (Fsp3) is 0.286. The summed E-state index contributed by atoms with van der Waals surface area (Å²) in [6, 6.07) is 10.7. The molecule has 0 spiro atoms. The molecule has 0 radical (unpaired) electrons. The molecule has 1 aromatic carbocycles. The van der Waals surface area contributed by atoms with Crippen molar-refractivity contribution in [3.05, 3.63) is 59.5 Å². The Bertz CT molecular complexity index is 451. The third-order valence-electron chi connectivity index (χ3n) is 2.95. The third-order valence-corrected chi connectivity index (χ3v) is 2.95. The van der Waals surface area contributed by atoms with E-state index in [1.54, 1.807) is 12.5 Å². The standard InChI is InChI=1S/C14H18N2O/c1-11-3-2-4-12(9-11)5-6-14(16-15)13-7-8-17-10-13/h2-4,7-10,14,16H,5-6,15H2,1H3. The maximum atomic E-state index is 5.57. The normalized spacial score (nSPS) is 12.6. The zero-order valence-electron chi connectivity index (χ0n) is 10.0. The molecule has 0 aliphatic heterocycles. The van der Waals surface area contributed by atoms with E-state index >= 15 is 0 Å². The summed E-state index contributed by atoms with van der Waals surface area (Å²) < 4.78 is 5.07. The van der Waals surface area contributed by atoms with Crippen LogP contribution in [0.5, 0.6) is 0 Å². The number of hydrogen-bond acceptors (Lipinski definition) is 3. The second kappa shape index (κ2) is 5.66. The highest BCUT2D eigenvalue weighted by Crippen LogP contribution is 2.19. The van der Waals surface area contributed by atoms with E-state index in [2.05, 4.69) is 36.6 Å². The molecule has 1 atom stereocenters. The van der Waals surface area contributed by atoms with Crippen molar-refractivity contribution in [2.75, 3.05) is 0 Å². The van der Waals surface area contributed by atoms with Crippen LogP contribution in [0.3, 0.4) is 0 Å². The van der Waals surface area contributed by atoms with Crippen molar-refractivity contribution in [3.8, 4) is 0 Å². The first-order chi connectivity index (χ1) is 8.29. The van der Waals surface area contributed by atoms with Gasteiger partial charge in [-0.3, -0.25) is 11.3 Å². The SMILES string of the molecule is Cc1cccc(CCC(NN)c2ccoc2)c1. The van der Waals surface area contributed by atoms with E-state index in [0.717, 1.165) is 18.4 Å². The molecule has 3 nitrogen and oxygen atoms in total. The number of nitrogens with one attached hydrogen (secondary N) is 1. The van der Waals surface area contributed by atoms with Crippen LogP contribution < -0.4 is 11.3 Å². The molecule has 0 aliphatic carbocycles. The molecule has 0 saturated carbocycles. The highest BCUT2D eigenvalue weighted by molar-refractivity contribution is 5.23. The molecule has 17 heavy (non-hydrogen) atoms. The van der Waals surface area contributed by atoms with Gasteiger partial charge >= 0.3 is 0 Å².